The summed E-state index contributed by atoms with van der Waals surface area (Å²) in [5.41, 5.74) is 3.35. The van der Waals surface area contributed by atoms with Gasteiger partial charge in [-0.15, -0.1) is 0 Å². The van der Waals surface area contributed by atoms with Crippen LogP contribution >= 0.6 is 0 Å². The van der Waals surface area contributed by atoms with Crippen molar-refractivity contribution >= 4 is 11.9 Å². The molecule has 3 aromatic carbocycles. The van der Waals surface area contributed by atoms with Gasteiger partial charge >= 0.3 is 5.97 Å². The highest BCUT2D eigenvalue weighted by Gasteiger charge is 2.41. The van der Waals surface area contributed by atoms with E-state index in [1.165, 1.54) is 4.90 Å². The zero-order valence-electron chi connectivity index (χ0n) is 19.8. The smallest absolute Gasteiger partial charge is 0.326 e. The summed E-state index contributed by atoms with van der Waals surface area (Å²) in [5, 5.41) is 19.8. The molecule has 0 radical (unpaired) electrons. The van der Waals surface area contributed by atoms with Crippen LogP contribution in [0.5, 0.6) is 5.75 Å². The van der Waals surface area contributed by atoms with Crippen LogP contribution in [0.15, 0.2) is 78.9 Å². The third-order valence-electron chi connectivity index (χ3n) is 6.87. The second-order valence-corrected chi connectivity index (χ2v) is 9.37. The highest BCUT2D eigenvalue weighted by atomic mass is 16.5. The van der Waals surface area contributed by atoms with Crippen LogP contribution in [0.2, 0.25) is 0 Å². The van der Waals surface area contributed by atoms with E-state index >= 15 is 0 Å². The third-order valence-corrected chi connectivity index (χ3v) is 6.87. The van der Waals surface area contributed by atoms with Gasteiger partial charge in [0, 0.05) is 18.5 Å². The quantitative estimate of drug-likeness (QED) is 0.501. The van der Waals surface area contributed by atoms with Crippen LogP contribution in [0.4, 0.5) is 0 Å². The molecular weight excluding hydrogens is 458 g/mol. The highest BCUT2D eigenvalue weighted by molar-refractivity contribution is 5.88. The molecule has 1 aliphatic carbocycles. The number of benzene rings is 3. The number of carboxylic acid groups (broad SMARTS) is 1. The van der Waals surface area contributed by atoms with Gasteiger partial charge in [0.05, 0.1) is 12.2 Å². The Morgan fingerprint density at radius 3 is 2.31 bits per heavy atom. The van der Waals surface area contributed by atoms with Gasteiger partial charge < -0.3 is 24.6 Å². The molecule has 3 aromatic rings. The molecule has 1 aliphatic heterocycles. The number of hydrogen-bond acceptors (Lipinski definition) is 5. The van der Waals surface area contributed by atoms with Crippen molar-refractivity contribution < 1.29 is 29.3 Å². The maximum Gasteiger partial charge on any atom is 0.326 e. The second-order valence-electron chi connectivity index (χ2n) is 9.37. The number of fused-ring (bicyclic) bond motifs is 1. The van der Waals surface area contributed by atoms with Crippen LogP contribution in [0.25, 0.3) is 0 Å². The lowest BCUT2D eigenvalue weighted by atomic mass is 9.90. The molecule has 1 fully saturated rings. The zero-order chi connectivity index (χ0) is 25.1. The SMILES string of the molecule is O=C(O)[C@@H]1Cc2c(cccc2OCc2ccccc2)CN1C(=O)C(OC1CC(O)C1)c1ccccc1. The first-order valence-corrected chi connectivity index (χ1v) is 12.2. The summed E-state index contributed by atoms with van der Waals surface area (Å²) in [6.45, 7) is 0.516. The number of carboxylic acids is 1. The van der Waals surface area contributed by atoms with Gasteiger partial charge in [-0.25, -0.2) is 4.79 Å². The minimum atomic E-state index is -1.07. The molecule has 0 aromatic heterocycles. The van der Waals surface area contributed by atoms with Crippen LogP contribution in [0.1, 0.15) is 41.2 Å². The van der Waals surface area contributed by atoms with Crippen LogP contribution in [-0.4, -0.2) is 45.2 Å². The second kappa shape index (κ2) is 10.5. The van der Waals surface area contributed by atoms with Crippen molar-refractivity contribution in [3.05, 3.63) is 101 Å². The molecule has 1 heterocycles. The molecule has 7 nitrogen and oxygen atoms in total. The normalized spacial score (nSPS) is 21.7. The summed E-state index contributed by atoms with van der Waals surface area (Å²) in [5.74, 6) is -0.831. The van der Waals surface area contributed by atoms with E-state index in [-0.39, 0.29) is 19.1 Å². The molecule has 0 saturated heterocycles. The summed E-state index contributed by atoms with van der Waals surface area (Å²) in [6.07, 6.45) is -0.541. The van der Waals surface area contributed by atoms with E-state index in [9.17, 15) is 19.8 Å². The Balaban J connectivity index is 1.40. The van der Waals surface area contributed by atoms with Crippen molar-refractivity contribution in [1.82, 2.24) is 4.90 Å². The third kappa shape index (κ3) is 5.12. The summed E-state index contributed by atoms with van der Waals surface area (Å²) in [7, 11) is 0. The van der Waals surface area contributed by atoms with Gasteiger partial charge in [0.15, 0.2) is 6.10 Å². The Kier molecular flexibility index (Phi) is 7.02. The number of aliphatic hydroxyl groups excluding tert-OH is 1. The zero-order valence-corrected chi connectivity index (χ0v) is 19.8. The number of aliphatic carboxylic acids is 1. The lowest BCUT2D eigenvalue weighted by Crippen LogP contribution is -2.51. The van der Waals surface area contributed by atoms with E-state index < -0.39 is 30.1 Å². The number of nitrogens with zero attached hydrogens (tertiary/aromatic N) is 1. The molecule has 36 heavy (non-hydrogen) atoms. The van der Waals surface area contributed by atoms with E-state index in [0.29, 0.717) is 30.8 Å². The van der Waals surface area contributed by atoms with Gasteiger partial charge in [0.2, 0.25) is 0 Å². The number of rotatable bonds is 8. The van der Waals surface area contributed by atoms with Crippen molar-refractivity contribution in [1.29, 1.82) is 0 Å². The van der Waals surface area contributed by atoms with Crippen molar-refractivity contribution in [2.24, 2.45) is 0 Å². The van der Waals surface area contributed by atoms with Gasteiger partial charge in [-0.2, -0.15) is 0 Å². The maximum absolute atomic E-state index is 13.8. The molecule has 1 amide bonds. The van der Waals surface area contributed by atoms with E-state index in [1.807, 2.05) is 66.7 Å². The molecule has 1 unspecified atom stereocenters. The van der Waals surface area contributed by atoms with Crippen molar-refractivity contribution in [3.8, 4) is 5.75 Å². The molecule has 2 N–H and O–H groups in total. The number of carbonyl (C=O) groups excluding carboxylic acids is 1. The summed E-state index contributed by atoms with van der Waals surface area (Å²) >= 11 is 0. The Morgan fingerprint density at radius 1 is 0.944 bits per heavy atom. The van der Waals surface area contributed by atoms with E-state index in [4.69, 9.17) is 9.47 Å². The fraction of sp³-hybridized carbons (Fsp3) is 0.310. The molecule has 1 saturated carbocycles. The number of ether oxygens (including phenoxy) is 2. The average Bonchev–Trinajstić information content (AvgIpc) is 2.89. The Bertz CT molecular complexity index is 1210. The standard InChI is InChI=1S/C29H29NO6/c31-22-14-23(15-22)36-27(20-10-5-2-6-11-20)28(32)30-17-21-12-7-13-26(24(21)16-25(30)29(33)34)35-18-19-8-3-1-4-9-19/h1-13,22-23,25,27,31H,14-18H2,(H,33,34)/t22?,23?,25-,27?/m0/s1. The van der Waals surface area contributed by atoms with Gasteiger partial charge in [-0.1, -0.05) is 72.8 Å². The first-order valence-electron chi connectivity index (χ1n) is 12.2. The van der Waals surface area contributed by atoms with Crippen molar-refractivity contribution in [2.45, 2.75) is 56.8 Å². The van der Waals surface area contributed by atoms with Crippen LogP contribution in [0, 0.1) is 0 Å². The largest absolute Gasteiger partial charge is 0.489 e. The number of aliphatic hydroxyl groups is 1. The number of hydrogen-bond donors (Lipinski definition) is 2. The van der Waals surface area contributed by atoms with Crippen molar-refractivity contribution in [2.75, 3.05) is 0 Å². The monoisotopic (exact) mass is 487 g/mol. The average molecular weight is 488 g/mol. The van der Waals surface area contributed by atoms with Gasteiger partial charge in [0.25, 0.3) is 5.91 Å². The molecule has 7 heteroatoms. The van der Waals surface area contributed by atoms with E-state index in [1.54, 1.807) is 12.1 Å². The van der Waals surface area contributed by atoms with Gasteiger partial charge in [-0.05, 0) is 35.6 Å². The van der Waals surface area contributed by atoms with Crippen LogP contribution in [0.3, 0.4) is 0 Å². The first kappa shape index (κ1) is 24.0. The molecule has 0 spiro atoms. The molecule has 2 aliphatic rings. The lowest BCUT2D eigenvalue weighted by molar-refractivity contribution is -0.167. The Morgan fingerprint density at radius 2 is 1.64 bits per heavy atom. The van der Waals surface area contributed by atoms with E-state index in [2.05, 4.69) is 0 Å². The van der Waals surface area contributed by atoms with Crippen molar-refractivity contribution in [3.63, 3.8) is 0 Å². The number of amides is 1. The first-order chi connectivity index (χ1) is 17.5. The van der Waals surface area contributed by atoms with E-state index in [0.717, 1.165) is 16.7 Å². The summed E-state index contributed by atoms with van der Waals surface area (Å²) in [4.78, 5) is 27.6. The number of carbonyl (C=O) groups is 2. The lowest BCUT2D eigenvalue weighted by Gasteiger charge is -2.39. The molecule has 2 atom stereocenters. The predicted molar refractivity (Wildman–Crippen MR) is 132 cm³/mol. The van der Waals surface area contributed by atoms with Crippen LogP contribution in [-0.2, 0) is 33.9 Å². The van der Waals surface area contributed by atoms with Gasteiger partial charge in [-0.3, -0.25) is 4.79 Å². The summed E-state index contributed by atoms with van der Waals surface area (Å²) < 4.78 is 12.2. The fourth-order valence-corrected chi connectivity index (χ4v) is 4.81. The topological polar surface area (TPSA) is 96.3 Å². The Hall–Kier alpha value is -3.68. The predicted octanol–water partition coefficient (Wildman–Crippen LogP) is 3.88. The molecular formula is C29H29NO6. The minimum Gasteiger partial charge on any atom is -0.489 e. The van der Waals surface area contributed by atoms with Gasteiger partial charge in [0.1, 0.15) is 18.4 Å². The minimum absolute atomic E-state index is 0.144. The maximum atomic E-state index is 13.8. The van der Waals surface area contributed by atoms with Crippen LogP contribution < -0.4 is 4.74 Å². The summed E-state index contributed by atoms with van der Waals surface area (Å²) in [6, 6.07) is 23.5. The fourth-order valence-electron chi connectivity index (χ4n) is 4.81. The molecule has 0 bridgehead atoms. The molecule has 186 valence electrons. The Labute approximate surface area is 209 Å². The molecule has 5 rings (SSSR count). The highest BCUT2D eigenvalue weighted by Crippen LogP contribution is 2.36.